The summed E-state index contributed by atoms with van der Waals surface area (Å²) in [5.41, 5.74) is 2.26. The van der Waals surface area contributed by atoms with Crippen molar-refractivity contribution in [3.05, 3.63) is 59.2 Å². The summed E-state index contributed by atoms with van der Waals surface area (Å²) in [5, 5.41) is 37.8. The minimum Gasteiger partial charge on any atom is -0.465 e. The zero-order valence-corrected chi connectivity index (χ0v) is 41.1. The van der Waals surface area contributed by atoms with Gasteiger partial charge in [0.25, 0.3) is 0 Å². The summed E-state index contributed by atoms with van der Waals surface area (Å²) in [6.07, 6.45) is -4.17. The molecule has 3 N–H and O–H groups in total. The molecule has 1 unspecified atom stereocenters. The topological polar surface area (TPSA) is 229 Å². The highest BCUT2D eigenvalue weighted by Crippen LogP contribution is 2.36. The number of methoxy groups -OCH3 is 3. The van der Waals surface area contributed by atoms with Gasteiger partial charge in [-0.1, -0.05) is 48.9 Å². The molecule has 382 valence electrons. The van der Waals surface area contributed by atoms with Crippen molar-refractivity contribution in [2.75, 3.05) is 68.5 Å². The molecule has 0 aliphatic carbocycles. The van der Waals surface area contributed by atoms with Crippen LogP contribution in [-0.2, 0) is 68.4 Å². The third-order valence-corrected chi connectivity index (χ3v) is 13.2. The number of nitrogens with zero attached hydrogens (tertiary/aromatic N) is 2. The molecule has 3 fully saturated rings. The van der Waals surface area contributed by atoms with Crippen molar-refractivity contribution < 1.29 is 81.9 Å². The third kappa shape index (κ3) is 14.9. The second-order valence-corrected chi connectivity index (χ2v) is 18.5. The number of carbonyl (C=O) groups excluding carboxylic acids is 3. The van der Waals surface area contributed by atoms with Crippen LogP contribution in [0, 0.1) is 23.7 Å². The number of hydrogen-bond acceptors (Lipinski definition) is 19. The van der Waals surface area contributed by atoms with Crippen molar-refractivity contribution in [3.8, 4) is 0 Å². The maximum atomic E-state index is 14.1. The molecule has 5 rings (SSSR count). The first kappa shape index (κ1) is 55.2. The lowest BCUT2D eigenvalue weighted by atomic mass is 9.79. The number of ketones is 1. The lowest BCUT2D eigenvalue weighted by Crippen LogP contribution is -2.63. The number of cyclic esters (lactones) is 1. The Balaban J connectivity index is 1.46. The van der Waals surface area contributed by atoms with E-state index in [-0.39, 0.29) is 57.8 Å². The standard InChI is InChI=1S/C49H74N2O17/c1-27-11-16-37(52)28(2)20-35-17-18-61-25-36(50-65-24-32-12-14-34(15-13-32)47(57)60-10)26-62-38(29(3)44(35)68-48-43(56)40(51(6)7)41(54)30(4)66-48)21-39(53)63-22-33(19-27)23-64-49-46(59-9)45(58-8)42(55)31(5)67-49/h11-16,19,28-31,33,35,38,40-46,48-49,54-56H,17-18,20-26H2,1-10H3/b16-11+,27-19+,50-36+/t28-,29+,30-,31-,33+,35?,38-,40+,41-,42-,43-,44-,45-,46-,48+,49-/m1/s1. The van der Waals surface area contributed by atoms with Gasteiger partial charge in [-0.15, -0.1) is 0 Å². The highest BCUT2D eigenvalue weighted by atomic mass is 16.7. The second kappa shape index (κ2) is 26.5. The fourth-order valence-electron chi connectivity index (χ4n) is 9.16. The Hall–Kier alpha value is -3.70. The molecule has 0 radical (unpaired) electrons. The Labute approximate surface area is 399 Å². The van der Waals surface area contributed by atoms with Gasteiger partial charge in [-0.05, 0) is 77.4 Å². The lowest BCUT2D eigenvalue weighted by Gasteiger charge is -2.47. The largest absolute Gasteiger partial charge is 0.465 e. The number of ether oxygens (including phenoxy) is 10. The van der Waals surface area contributed by atoms with Crippen LogP contribution in [-0.4, -0.2) is 186 Å². The summed E-state index contributed by atoms with van der Waals surface area (Å²) >= 11 is 0. The van der Waals surface area contributed by atoms with Gasteiger partial charge in [0.1, 0.15) is 36.7 Å². The summed E-state index contributed by atoms with van der Waals surface area (Å²) in [5.74, 6) is -3.15. The molecule has 1 aromatic rings. The van der Waals surface area contributed by atoms with Gasteiger partial charge < -0.3 is 72.4 Å². The van der Waals surface area contributed by atoms with Crippen LogP contribution in [0.1, 0.15) is 69.8 Å². The number of oxime groups is 1. The Morgan fingerprint density at radius 2 is 1.56 bits per heavy atom. The zero-order valence-electron chi connectivity index (χ0n) is 41.1. The summed E-state index contributed by atoms with van der Waals surface area (Å²) in [6, 6.07) is 6.00. The number of allylic oxidation sites excluding steroid dienone is 3. The van der Waals surface area contributed by atoms with Crippen molar-refractivity contribution in [1.82, 2.24) is 4.90 Å². The van der Waals surface area contributed by atoms with Gasteiger partial charge in [-0.3, -0.25) is 9.59 Å². The van der Waals surface area contributed by atoms with E-state index in [4.69, 9.17) is 52.2 Å². The molecule has 1 aromatic carbocycles. The maximum absolute atomic E-state index is 14.1. The van der Waals surface area contributed by atoms with E-state index in [1.165, 1.54) is 27.4 Å². The molecule has 68 heavy (non-hydrogen) atoms. The predicted molar refractivity (Wildman–Crippen MR) is 245 cm³/mol. The van der Waals surface area contributed by atoms with Crippen LogP contribution in [0.25, 0.3) is 0 Å². The number of aliphatic hydroxyl groups excluding tert-OH is 3. The first-order valence-electron chi connectivity index (χ1n) is 23.4. The molecule has 4 heterocycles. The van der Waals surface area contributed by atoms with E-state index in [0.717, 1.165) is 11.1 Å². The molecular weight excluding hydrogens is 889 g/mol. The van der Waals surface area contributed by atoms with Crippen LogP contribution >= 0.6 is 0 Å². The normalized spacial score (nSPS) is 38.0. The van der Waals surface area contributed by atoms with Gasteiger partial charge in [0, 0.05) is 38.6 Å². The van der Waals surface area contributed by atoms with Gasteiger partial charge in [-0.25, -0.2) is 4.79 Å². The molecule has 4 aliphatic heterocycles. The average molecular weight is 963 g/mol. The van der Waals surface area contributed by atoms with Crippen molar-refractivity contribution in [2.24, 2.45) is 28.8 Å². The molecular formula is C49H74N2O17. The number of rotatable bonds is 12. The summed E-state index contributed by atoms with van der Waals surface area (Å²) in [4.78, 5) is 47.4. The smallest absolute Gasteiger partial charge is 0.337 e. The van der Waals surface area contributed by atoms with Crippen molar-refractivity contribution in [2.45, 2.75) is 134 Å². The Morgan fingerprint density at radius 1 is 0.868 bits per heavy atom. The first-order chi connectivity index (χ1) is 32.4. The highest BCUT2D eigenvalue weighted by molar-refractivity contribution is 5.92. The second-order valence-electron chi connectivity index (χ2n) is 18.5. The summed E-state index contributed by atoms with van der Waals surface area (Å²) < 4.78 is 60.0. The predicted octanol–water partition coefficient (Wildman–Crippen LogP) is 3.00. The van der Waals surface area contributed by atoms with Crippen LogP contribution in [0.2, 0.25) is 0 Å². The van der Waals surface area contributed by atoms with E-state index in [0.29, 0.717) is 24.1 Å². The Bertz CT molecular complexity index is 1860. The zero-order chi connectivity index (χ0) is 49.7. The number of likely N-dealkylation sites (N-methyl/N-ethyl adjacent to an activating group) is 1. The molecule has 0 aromatic heterocycles. The average Bonchev–Trinajstić information content (AvgIpc) is 3.33. The highest BCUT2D eigenvalue weighted by Gasteiger charge is 2.48. The van der Waals surface area contributed by atoms with E-state index in [2.05, 4.69) is 5.16 Å². The number of aliphatic hydroxyl groups is 3. The van der Waals surface area contributed by atoms with Gasteiger partial charge >= 0.3 is 11.9 Å². The minimum absolute atomic E-state index is 0.0144. The monoisotopic (exact) mass is 962 g/mol. The number of esters is 2. The number of hydrogen-bond donors (Lipinski definition) is 3. The summed E-state index contributed by atoms with van der Waals surface area (Å²) in [7, 11) is 7.77. The van der Waals surface area contributed by atoms with Crippen LogP contribution in [0.15, 0.2) is 53.2 Å². The molecule has 2 bridgehead atoms. The number of fused-ring (bicyclic) bond motifs is 3. The van der Waals surface area contributed by atoms with E-state index < -0.39 is 103 Å². The summed E-state index contributed by atoms with van der Waals surface area (Å²) in [6.45, 7) is 9.12. The van der Waals surface area contributed by atoms with E-state index in [9.17, 15) is 29.7 Å². The fraction of sp³-hybridized carbons (Fsp3) is 0.714. The quantitative estimate of drug-likeness (QED) is 0.202. The van der Waals surface area contributed by atoms with Crippen molar-refractivity contribution >= 4 is 23.4 Å². The van der Waals surface area contributed by atoms with Gasteiger partial charge in [0.05, 0.1) is 82.1 Å². The van der Waals surface area contributed by atoms with E-state index in [1.807, 2.05) is 26.8 Å². The molecule has 0 saturated carbocycles. The molecule has 19 heteroatoms. The molecule has 19 nitrogen and oxygen atoms in total. The Morgan fingerprint density at radius 3 is 2.24 bits per heavy atom. The maximum Gasteiger partial charge on any atom is 0.337 e. The van der Waals surface area contributed by atoms with Gasteiger partial charge in [-0.2, -0.15) is 0 Å². The van der Waals surface area contributed by atoms with E-state index in [1.54, 1.807) is 63.2 Å². The third-order valence-electron chi connectivity index (χ3n) is 13.2. The van der Waals surface area contributed by atoms with Gasteiger partial charge in [0.2, 0.25) is 0 Å². The molecule has 16 atom stereocenters. The van der Waals surface area contributed by atoms with Crippen LogP contribution in [0.5, 0.6) is 0 Å². The van der Waals surface area contributed by atoms with Crippen LogP contribution in [0.3, 0.4) is 0 Å². The van der Waals surface area contributed by atoms with Crippen LogP contribution < -0.4 is 0 Å². The molecule has 4 aliphatic rings. The molecule has 0 amide bonds. The number of carbonyl (C=O) groups is 3. The number of benzene rings is 1. The molecule has 0 spiro atoms. The molecule has 3 saturated heterocycles. The van der Waals surface area contributed by atoms with Gasteiger partial charge in [0.15, 0.2) is 18.4 Å². The minimum atomic E-state index is -1.27. The fourth-order valence-corrected chi connectivity index (χ4v) is 9.16. The van der Waals surface area contributed by atoms with E-state index >= 15 is 0 Å². The first-order valence-corrected chi connectivity index (χ1v) is 23.4. The van der Waals surface area contributed by atoms with Crippen LogP contribution in [0.4, 0.5) is 0 Å². The van der Waals surface area contributed by atoms with Crippen molar-refractivity contribution in [1.29, 1.82) is 0 Å². The van der Waals surface area contributed by atoms with Crippen molar-refractivity contribution in [3.63, 3.8) is 0 Å². The lowest BCUT2D eigenvalue weighted by molar-refractivity contribution is -0.305. The Kier molecular flexibility index (Phi) is 21.5. The SMILES string of the molecule is COC(=O)c1ccc(CO/N=C2\COCCC3C[C@@H](C)C(=O)/C=C/C(C)=C/[C@H](CO[C@@H]4O[C@H](C)[C@@H](O)[C@@H](OC)[C@H]4OC)COC(=O)C[C@@H](OC2)[C@H](C)[C@H]3O[C@@H]2O[C@H](C)[C@@H](O)[C@H](N(C)C)[C@H]2O)cc1.